The molecule has 0 aliphatic heterocycles. The fourth-order valence-electron chi connectivity index (χ4n) is 0.407. The summed E-state index contributed by atoms with van der Waals surface area (Å²) in [6.07, 6.45) is 3.62. The number of Topliss-reactive ketones (excluding diaryl/α,β-unsaturated/α-hetero) is 2. The molecular weight excluding hydrogens is 176 g/mol. The average molecular weight is 196 g/mol. The molecule has 0 N–H and O–H groups in total. The summed E-state index contributed by atoms with van der Waals surface area (Å²) >= 11 is 0. The molecule has 0 aromatic rings. The zero-order valence-corrected chi connectivity index (χ0v) is 9.97. The van der Waals surface area contributed by atoms with Crippen LogP contribution in [-0.4, -0.2) is 11.6 Å². The molecule has 2 nitrogen and oxygen atoms in total. The van der Waals surface area contributed by atoms with Crippen molar-refractivity contribution in [3.63, 3.8) is 0 Å². The van der Waals surface area contributed by atoms with Crippen molar-refractivity contribution in [1.29, 1.82) is 0 Å². The van der Waals surface area contributed by atoms with Gasteiger partial charge < -0.3 is 0 Å². The average Bonchev–Trinajstić information content (AvgIpc) is 2.15. The van der Waals surface area contributed by atoms with Gasteiger partial charge >= 0.3 is 0 Å². The van der Waals surface area contributed by atoms with E-state index >= 15 is 0 Å². The lowest BCUT2D eigenvalue weighted by molar-refractivity contribution is -0.114. The van der Waals surface area contributed by atoms with Gasteiger partial charge in [-0.1, -0.05) is 12.2 Å². The third kappa shape index (κ3) is 8.91. The summed E-state index contributed by atoms with van der Waals surface area (Å²) in [5, 5.41) is 0. The number of hydrogen-bond acceptors (Lipinski definition) is 2. The van der Waals surface area contributed by atoms with Gasteiger partial charge in [0.05, 0.1) is 0 Å². The fourth-order valence-corrected chi connectivity index (χ4v) is 0.407. The maximum Gasteiger partial charge on any atom is 0.155 e. The van der Waals surface area contributed by atoms with Crippen LogP contribution in [0.4, 0.5) is 0 Å². The molecule has 0 saturated heterocycles. The predicted molar refractivity (Wildman–Crippen MR) is 60.2 cm³/mol. The molecule has 0 saturated carbocycles. The van der Waals surface area contributed by atoms with Gasteiger partial charge in [0.2, 0.25) is 0 Å². The minimum absolute atomic E-state index is 0.155. The molecule has 0 amide bonds. The van der Waals surface area contributed by atoms with Crippen molar-refractivity contribution in [2.45, 2.75) is 41.5 Å². The normalized spacial score (nSPS) is 11.6. The Morgan fingerprint density at radius 3 is 0.929 bits per heavy atom. The Bertz CT molecular complexity index is 229. The highest BCUT2D eigenvalue weighted by atomic mass is 16.1. The number of ketones is 2. The number of carbonyl (C=O) groups is 2. The van der Waals surface area contributed by atoms with E-state index in [0.717, 1.165) is 11.1 Å². The molecule has 80 valence electrons. The molecule has 0 radical (unpaired) electrons. The van der Waals surface area contributed by atoms with Crippen LogP contribution in [0.2, 0.25) is 0 Å². The Balaban J connectivity index is 0. The standard InChI is InChI=1S/2C6H10O/c2*1-4-5(2)6(3)7/h2*4H,1-3H3/b5-4+;5-4-. The van der Waals surface area contributed by atoms with E-state index < -0.39 is 0 Å². The zero-order chi connectivity index (χ0) is 11.7. The largest absolute Gasteiger partial charge is 0.295 e. The van der Waals surface area contributed by atoms with Crippen LogP contribution in [0.5, 0.6) is 0 Å². The molecule has 0 heterocycles. The van der Waals surface area contributed by atoms with Gasteiger partial charge in [-0.05, 0) is 52.7 Å². The fraction of sp³-hybridized carbons (Fsp3) is 0.500. The van der Waals surface area contributed by atoms with Crippen LogP contribution in [0.15, 0.2) is 23.3 Å². The first kappa shape index (κ1) is 15.3. The van der Waals surface area contributed by atoms with E-state index in [9.17, 15) is 9.59 Å². The van der Waals surface area contributed by atoms with E-state index in [1.807, 2.05) is 39.8 Å². The van der Waals surface area contributed by atoms with Crippen molar-refractivity contribution in [3.8, 4) is 0 Å². The molecule has 14 heavy (non-hydrogen) atoms. The molecule has 0 spiro atoms. The first-order valence-corrected chi connectivity index (χ1v) is 4.64. The summed E-state index contributed by atoms with van der Waals surface area (Å²) in [7, 11) is 0. The van der Waals surface area contributed by atoms with Crippen LogP contribution in [0.3, 0.4) is 0 Å². The van der Waals surface area contributed by atoms with Crippen LogP contribution in [0.25, 0.3) is 0 Å². The monoisotopic (exact) mass is 196 g/mol. The lowest BCUT2D eigenvalue weighted by Crippen LogP contribution is -1.88. The Kier molecular flexibility index (Phi) is 9.20. The van der Waals surface area contributed by atoms with Gasteiger partial charge in [0.25, 0.3) is 0 Å². The van der Waals surface area contributed by atoms with E-state index in [1.54, 1.807) is 13.8 Å². The number of allylic oxidation sites excluding steroid dienone is 4. The maximum atomic E-state index is 10.3. The molecule has 0 aromatic carbocycles. The van der Waals surface area contributed by atoms with Gasteiger partial charge in [-0.2, -0.15) is 0 Å². The van der Waals surface area contributed by atoms with Gasteiger partial charge in [-0.3, -0.25) is 9.59 Å². The molecule has 0 aliphatic carbocycles. The van der Waals surface area contributed by atoms with Gasteiger partial charge in [0, 0.05) is 0 Å². The quantitative estimate of drug-likeness (QED) is 0.636. The summed E-state index contributed by atoms with van der Waals surface area (Å²) in [5.41, 5.74) is 1.67. The third-order valence-corrected chi connectivity index (χ3v) is 1.98. The summed E-state index contributed by atoms with van der Waals surface area (Å²) in [6, 6.07) is 0. The van der Waals surface area contributed by atoms with Crippen molar-refractivity contribution in [2.24, 2.45) is 0 Å². The minimum atomic E-state index is 0.155. The highest BCUT2D eigenvalue weighted by Gasteiger charge is 1.89. The highest BCUT2D eigenvalue weighted by molar-refractivity contribution is 5.92. The van der Waals surface area contributed by atoms with Crippen molar-refractivity contribution in [2.75, 3.05) is 0 Å². The molecule has 0 fully saturated rings. The molecule has 0 aromatic heterocycles. The summed E-state index contributed by atoms with van der Waals surface area (Å²) in [6.45, 7) is 10.5. The van der Waals surface area contributed by atoms with Gasteiger partial charge in [0.1, 0.15) is 0 Å². The van der Waals surface area contributed by atoms with E-state index in [-0.39, 0.29) is 11.6 Å². The van der Waals surface area contributed by atoms with Crippen molar-refractivity contribution < 1.29 is 9.59 Å². The topological polar surface area (TPSA) is 34.1 Å². The second-order valence-corrected chi connectivity index (χ2v) is 3.06. The zero-order valence-electron chi connectivity index (χ0n) is 9.97. The predicted octanol–water partition coefficient (Wildman–Crippen LogP) is 3.08. The van der Waals surface area contributed by atoms with Crippen LogP contribution >= 0.6 is 0 Å². The second-order valence-electron chi connectivity index (χ2n) is 3.06. The Morgan fingerprint density at radius 1 is 0.714 bits per heavy atom. The van der Waals surface area contributed by atoms with Crippen LogP contribution in [0, 0.1) is 0 Å². The van der Waals surface area contributed by atoms with Crippen LogP contribution in [-0.2, 0) is 9.59 Å². The second kappa shape index (κ2) is 8.42. The molecule has 0 aliphatic rings. The Morgan fingerprint density at radius 2 is 0.929 bits per heavy atom. The lowest BCUT2D eigenvalue weighted by atomic mass is 10.2. The van der Waals surface area contributed by atoms with Crippen LogP contribution < -0.4 is 0 Å². The summed E-state index contributed by atoms with van der Waals surface area (Å²) < 4.78 is 0. The van der Waals surface area contributed by atoms with E-state index in [1.165, 1.54) is 0 Å². The first-order valence-electron chi connectivity index (χ1n) is 4.64. The Hall–Kier alpha value is -1.18. The third-order valence-electron chi connectivity index (χ3n) is 1.98. The number of carbonyl (C=O) groups excluding carboxylic acids is 2. The maximum absolute atomic E-state index is 10.3. The van der Waals surface area contributed by atoms with Crippen molar-refractivity contribution in [3.05, 3.63) is 23.3 Å². The SMILES string of the molecule is C/C=C(/C)C(C)=O.C/C=C(\C)C(C)=O. The van der Waals surface area contributed by atoms with E-state index in [2.05, 4.69) is 0 Å². The highest BCUT2D eigenvalue weighted by Crippen LogP contribution is 1.90. The smallest absolute Gasteiger partial charge is 0.155 e. The molecular formula is C12H20O2. The van der Waals surface area contributed by atoms with Gasteiger partial charge in [-0.15, -0.1) is 0 Å². The van der Waals surface area contributed by atoms with Gasteiger partial charge in [0.15, 0.2) is 11.6 Å². The molecule has 0 bridgehead atoms. The number of rotatable bonds is 2. The molecule has 0 atom stereocenters. The van der Waals surface area contributed by atoms with E-state index in [0.29, 0.717) is 0 Å². The molecule has 2 heteroatoms. The van der Waals surface area contributed by atoms with E-state index in [4.69, 9.17) is 0 Å². The van der Waals surface area contributed by atoms with Crippen molar-refractivity contribution in [1.82, 2.24) is 0 Å². The minimum Gasteiger partial charge on any atom is -0.295 e. The molecule has 0 rings (SSSR count). The van der Waals surface area contributed by atoms with Gasteiger partial charge in [-0.25, -0.2) is 0 Å². The van der Waals surface area contributed by atoms with Crippen molar-refractivity contribution >= 4 is 11.6 Å². The summed E-state index contributed by atoms with van der Waals surface area (Å²) in [5.74, 6) is 0.310. The molecule has 0 unspecified atom stereocenters. The van der Waals surface area contributed by atoms with Crippen LogP contribution in [0.1, 0.15) is 41.5 Å². The first-order chi connectivity index (χ1) is 6.36. The number of hydrogen-bond donors (Lipinski definition) is 0. The summed E-state index contributed by atoms with van der Waals surface area (Å²) in [4.78, 5) is 20.6. The Labute approximate surface area is 86.7 Å². The lowest BCUT2D eigenvalue weighted by Gasteiger charge is -1.85.